The second kappa shape index (κ2) is 6.69. The van der Waals surface area contributed by atoms with Crippen molar-refractivity contribution in [2.45, 2.75) is 40.9 Å². The van der Waals surface area contributed by atoms with Gasteiger partial charge in [-0.25, -0.2) is 0 Å². The highest BCUT2D eigenvalue weighted by molar-refractivity contribution is 8.00. The van der Waals surface area contributed by atoms with Crippen LogP contribution in [0.25, 0.3) is 0 Å². The molecule has 98 valence electrons. The number of thioether (sulfide) groups is 1. The fraction of sp³-hybridized carbons (Fsp3) is 0.462. The summed E-state index contributed by atoms with van der Waals surface area (Å²) in [5, 5.41) is -0.860. The van der Waals surface area contributed by atoms with Gasteiger partial charge in [0.15, 0.2) is 0 Å². The molecule has 0 heterocycles. The molecule has 1 atom stereocenters. The van der Waals surface area contributed by atoms with Crippen LogP contribution in [0.3, 0.4) is 0 Å². The van der Waals surface area contributed by atoms with Crippen LogP contribution in [-0.4, -0.2) is 16.1 Å². The van der Waals surface area contributed by atoms with Crippen molar-refractivity contribution in [1.82, 2.24) is 0 Å². The van der Waals surface area contributed by atoms with Crippen LogP contribution in [-0.2, 0) is 4.79 Å². The van der Waals surface area contributed by atoms with Gasteiger partial charge in [0.1, 0.15) is 11.5 Å². The van der Waals surface area contributed by atoms with Crippen molar-refractivity contribution < 1.29 is 9.53 Å². The predicted molar refractivity (Wildman–Crippen MR) is 75.7 cm³/mol. The number of carbonyl (C=O) groups is 1. The Bertz CT molecular complexity index is 423. The van der Waals surface area contributed by atoms with E-state index >= 15 is 0 Å². The fourth-order valence-corrected chi connectivity index (χ4v) is 3.39. The van der Waals surface area contributed by atoms with Crippen LogP contribution in [0.15, 0.2) is 29.2 Å². The topological polar surface area (TPSA) is 26.3 Å². The summed E-state index contributed by atoms with van der Waals surface area (Å²) in [5.74, 6) is 0.963. The van der Waals surface area contributed by atoms with Gasteiger partial charge in [0, 0.05) is 6.42 Å². The SMILES string of the molecule is O=C1CCCCC1Sc1ccccc1OC(Cl)Cl. The van der Waals surface area contributed by atoms with Crippen LogP contribution in [0.4, 0.5) is 0 Å². The monoisotopic (exact) mass is 304 g/mol. The van der Waals surface area contributed by atoms with Gasteiger partial charge in [-0.3, -0.25) is 4.79 Å². The number of halogens is 2. The molecule has 1 fully saturated rings. The number of alkyl halides is 2. The number of benzene rings is 1. The highest BCUT2D eigenvalue weighted by Crippen LogP contribution is 2.37. The molecule has 1 aliphatic carbocycles. The number of para-hydroxylation sites is 1. The maximum absolute atomic E-state index is 11.8. The van der Waals surface area contributed by atoms with E-state index in [2.05, 4.69) is 0 Å². The smallest absolute Gasteiger partial charge is 0.247 e. The zero-order chi connectivity index (χ0) is 13.0. The lowest BCUT2D eigenvalue weighted by Gasteiger charge is -2.21. The van der Waals surface area contributed by atoms with E-state index in [1.165, 1.54) is 0 Å². The summed E-state index contributed by atoms with van der Waals surface area (Å²) in [6, 6.07) is 7.52. The molecule has 0 aliphatic heterocycles. The maximum atomic E-state index is 11.8. The summed E-state index contributed by atoms with van der Waals surface area (Å²) in [5.41, 5.74) is 0. The third-order valence-electron chi connectivity index (χ3n) is 2.83. The second-order valence-corrected chi connectivity index (χ2v) is 6.40. The van der Waals surface area contributed by atoms with E-state index in [1.54, 1.807) is 11.8 Å². The fourth-order valence-electron chi connectivity index (χ4n) is 1.97. The Morgan fingerprint density at radius 3 is 2.78 bits per heavy atom. The number of rotatable bonds is 4. The molecular formula is C13H14Cl2O2S. The number of carbonyl (C=O) groups excluding carboxylic acids is 1. The summed E-state index contributed by atoms with van der Waals surface area (Å²) >= 11 is 12.8. The van der Waals surface area contributed by atoms with Gasteiger partial charge in [0.05, 0.1) is 10.1 Å². The summed E-state index contributed by atoms with van der Waals surface area (Å²) in [7, 11) is 0. The van der Waals surface area contributed by atoms with Crippen molar-refractivity contribution >= 4 is 40.7 Å². The minimum absolute atomic E-state index is 0.0348. The Hall–Kier alpha value is -0.380. The van der Waals surface area contributed by atoms with E-state index in [4.69, 9.17) is 27.9 Å². The quantitative estimate of drug-likeness (QED) is 0.770. The minimum Gasteiger partial charge on any atom is -0.460 e. The molecule has 18 heavy (non-hydrogen) atoms. The average Bonchev–Trinajstić information content (AvgIpc) is 2.34. The van der Waals surface area contributed by atoms with E-state index in [1.807, 2.05) is 24.3 Å². The molecule has 1 aromatic rings. The van der Waals surface area contributed by atoms with Crippen molar-refractivity contribution in [3.63, 3.8) is 0 Å². The summed E-state index contributed by atoms with van der Waals surface area (Å²) in [4.78, 5) is 12.7. The van der Waals surface area contributed by atoms with Gasteiger partial charge in [-0.1, -0.05) is 41.8 Å². The second-order valence-electron chi connectivity index (χ2n) is 4.14. The lowest BCUT2D eigenvalue weighted by atomic mass is 9.99. The molecular weight excluding hydrogens is 291 g/mol. The standard InChI is InChI=1S/C13H14Cl2O2S/c14-13(15)17-10-6-2-4-8-12(10)18-11-7-3-1-5-9(11)16/h2,4,6,8,11,13H,1,3,5,7H2. The van der Waals surface area contributed by atoms with Gasteiger partial charge in [-0.15, -0.1) is 11.8 Å². The van der Waals surface area contributed by atoms with Gasteiger partial charge >= 0.3 is 0 Å². The van der Waals surface area contributed by atoms with E-state index in [-0.39, 0.29) is 5.25 Å². The maximum Gasteiger partial charge on any atom is 0.247 e. The molecule has 0 amide bonds. The molecule has 1 unspecified atom stereocenters. The Kier molecular flexibility index (Phi) is 5.22. The van der Waals surface area contributed by atoms with E-state index in [0.29, 0.717) is 18.0 Å². The molecule has 1 aliphatic rings. The van der Waals surface area contributed by atoms with Crippen LogP contribution in [0.1, 0.15) is 25.7 Å². The lowest BCUT2D eigenvalue weighted by Crippen LogP contribution is -2.21. The number of ketones is 1. The molecule has 0 N–H and O–H groups in total. The van der Waals surface area contributed by atoms with Gasteiger partial charge in [-0.2, -0.15) is 0 Å². The van der Waals surface area contributed by atoms with Crippen molar-refractivity contribution in [3.8, 4) is 5.75 Å². The van der Waals surface area contributed by atoms with Crippen LogP contribution in [0.2, 0.25) is 0 Å². The molecule has 0 aromatic heterocycles. The Balaban J connectivity index is 2.10. The number of hydrogen-bond acceptors (Lipinski definition) is 3. The van der Waals surface area contributed by atoms with E-state index < -0.39 is 5.02 Å². The lowest BCUT2D eigenvalue weighted by molar-refractivity contribution is -0.119. The largest absolute Gasteiger partial charge is 0.460 e. The minimum atomic E-state index is -0.895. The zero-order valence-electron chi connectivity index (χ0n) is 9.77. The highest BCUT2D eigenvalue weighted by Gasteiger charge is 2.24. The number of hydrogen-bond donors (Lipinski definition) is 0. The molecule has 1 saturated carbocycles. The normalized spacial score (nSPS) is 20.2. The first-order chi connectivity index (χ1) is 8.66. The Morgan fingerprint density at radius 1 is 1.28 bits per heavy atom. The van der Waals surface area contributed by atoms with Crippen molar-refractivity contribution in [2.75, 3.05) is 0 Å². The molecule has 1 aromatic carbocycles. The molecule has 5 heteroatoms. The van der Waals surface area contributed by atoms with Crippen LogP contribution in [0, 0.1) is 0 Å². The zero-order valence-corrected chi connectivity index (χ0v) is 12.1. The molecule has 0 bridgehead atoms. The first-order valence-electron chi connectivity index (χ1n) is 5.90. The first-order valence-corrected chi connectivity index (χ1v) is 7.65. The van der Waals surface area contributed by atoms with Crippen LogP contribution < -0.4 is 4.74 Å². The molecule has 0 radical (unpaired) electrons. The Morgan fingerprint density at radius 2 is 2.06 bits per heavy atom. The molecule has 0 spiro atoms. The molecule has 2 nitrogen and oxygen atoms in total. The van der Waals surface area contributed by atoms with E-state index in [0.717, 1.165) is 24.2 Å². The predicted octanol–water partition coefficient (Wildman–Crippen LogP) is 4.43. The third-order valence-corrected chi connectivity index (χ3v) is 4.39. The van der Waals surface area contributed by atoms with Gasteiger partial charge in [-0.05, 0) is 25.0 Å². The van der Waals surface area contributed by atoms with Gasteiger partial charge < -0.3 is 4.74 Å². The average molecular weight is 305 g/mol. The van der Waals surface area contributed by atoms with Crippen molar-refractivity contribution in [1.29, 1.82) is 0 Å². The van der Waals surface area contributed by atoms with E-state index in [9.17, 15) is 4.79 Å². The molecule has 2 rings (SSSR count). The summed E-state index contributed by atoms with van der Waals surface area (Å²) < 4.78 is 5.32. The Labute approximate surface area is 121 Å². The van der Waals surface area contributed by atoms with Crippen LogP contribution >= 0.6 is 35.0 Å². The molecule has 0 saturated heterocycles. The van der Waals surface area contributed by atoms with Crippen molar-refractivity contribution in [3.05, 3.63) is 24.3 Å². The first kappa shape index (κ1) is 14.0. The van der Waals surface area contributed by atoms with Crippen LogP contribution in [0.5, 0.6) is 5.75 Å². The number of ether oxygens (including phenoxy) is 1. The summed E-state index contributed by atoms with van der Waals surface area (Å²) in [6.45, 7) is 0. The number of Topliss-reactive ketones (excluding diaryl/α,β-unsaturated/α-hetero) is 1. The third kappa shape index (κ3) is 3.81. The summed E-state index contributed by atoms with van der Waals surface area (Å²) in [6.07, 6.45) is 3.75. The van der Waals surface area contributed by atoms with Gasteiger partial charge in [0.25, 0.3) is 0 Å². The van der Waals surface area contributed by atoms with Crippen molar-refractivity contribution in [2.24, 2.45) is 0 Å². The highest BCUT2D eigenvalue weighted by atomic mass is 35.5. The van der Waals surface area contributed by atoms with Gasteiger partial charge in [0.2, 0.25) is 5.02 Å².